The number of hydrogen-bond donors (Lipinski definition) is 1. The van der Waals surface area contributed by atoms with Gasteiger partial charge >= 0.3 is 0 Å². The van der Waals surface area contributed by atoms with Gasteiger partial charge in [-0.2, -0.15) is 0 Å². The van der Waals surface area contributed by atoms with E-state index in [9.17, 15) is 4.79 Å². The molecule has 3 aromatic rings. The van der Waals surface area contributed by atoms with Crippen LogP contribution in [0.5, 0.6) is 0 Å². The van der Waals surface area contributed by atoms with E-state index in [4.69, 9.17) is 5.73 Å². The van der Waals surface area contributed by atoms with E-state index >= 15 is 0 Å². The van der Waals surface area contributed by atoms with E-state index in [1.54, 1.807) is 11.8 Å². The molecule has 0 bridgehead atoms. The fourth-order valence-electron chi connectivity index (χ4n) is 3.67. The van der Waals surface area contributed by atoms with Crippen molar-refractivity contribution in [1.29, 1.82) is 0 Å². The minimum absolute atomic E-state index is 0.405. The molecule has 0 saturated carbocycles. The third-order valence-corrected chi connectivity index (χ3v) is 6.10. The van der Waals surface area contributed by atoms with E-state index in [0.29, 0.717) is 12.1 Å². The number of benzene rings is 2. The molecule has 1 aliphatic rings. The smallest absolute Gasteiger partial charge is 0.251 e. The number of pyridine rings is 1. The highest BCUT2D eigenvalue weighted by atomic mass is 32.2. The van der Waals surface area contributed by atoms with Gasteiger partial charge in [0, 0.05) is 29.6 Å². The molecule has 0 unspecified atom stereocenters. The number of primary amides is 1. The first-order valence-electron chi connectivity index (χ1n) is 9.55. The minimum Gasteiger partial charge on any atom is -0.366 e. The Morgan fingerprint density at radius 2 is 1.90 bits per heavy atom. The first-order chi connectivity index (χ1) is 14.0. The highest BCUT2D eigenvalue weighted by Crippen LogP contribution is 2.36. The molecule has 2 aromatic carbocycles. The van der Waals surface area contributed by atoms with Gasteiger partial charge in [0.1, 0.15) is 0 Å². The number of rotatable bonds is 5. The van der Waals surface area contributed by atoms with Gasteiger partial charge in [-0.05, 0) is 60.9 Å². The summed E-state index contributed by atoms with van der Waals surface area (Å²) in [5.41, 5.74) is 11.9. The second kappa shape index (κ2) is 8.13. The van der Waals surface area contributed by atoms with Gasteiger partial charge in [-0.25, -0.2) is 0 Å². The molecule has 0 radical (unpaired) electrons. The lowest BCUT2D eigenvalue weighted by molar-refractivity contribution is -0.114. The maximum atomic E-state index is 12.2. The summed E-state index contributed by atoms with van der Waals surface area (Å²) in [7, 11) is 0. The van der Waals surface area contributed by atoms with Gasteiger partial charge in [-0.1, -0.05) is 30.3 Å². The molecule has 0 saturated heterocycles. The molecule has 29 heavy (non-hydrogen) atoms. The van der Waals surface area contributed by atoms with Crippen molar-refractivity contribution in [2.45, 2.75) is 19.6 Å². The van der Waals surface area contributed by atoms with E-state index in [0.717, 1.165) is 27.4 Å². The number of carbonyl (C=O) groups excluding carboxylic acids is 1. The highest BCUT2D eigenvalue weighted by molar-refractivity contribution is 8.02. The fourth-order valence-corrected chi connectivity index (χ4v) is 4.88. The number of aromatic nitrogens is 1. The van der Waals surface area contributed by atoms with Crippen LogP contribution in [-0.2, 0) is 10.5 Å². The van der Waals surface area contributed by atoms with Crippen LogP contribution in [0.2, 0.25) is 0 Å². The lowest BCUT2D eigenvalue weighted by atomic mass is 10.1. The molecule has 4 nitrogen and oxygen atoms in total. The summed E-state index contributed by atoms with van der Waals surface area (Å²) < 4.78 is 0. The molecular formula is C24H23N3OS. The van der Waals surface area contributed by atoms with Crippen molar-refractivity contribution in [2.24, 2.45) is 5.73 Å². The molecule has 0 fully saturated rings. The number of fused-ring (bicyclic) bond motifs is 1. The van der Waals surface area contributed by atoms with E-state index in [1.165, 1.54) is 16.7 Å². The lowest BCUT2D eigenvalue weighted by Gasteiger charge is -2.30. The molecule has 0 spiro atoms. The molecule has 2 N–H and O–H groups in total. The second-order valence-corrected chi connectivity index (χ2v) is 8.18. The van der Waals surface area contributed by atoms with E-state index in [2.05, 4.69) is 48.0 Å². The molecule has 0 aliphatic carbocycles. The third-order valence-electron chi connectivity index (χ3n) is 4.94. The number of aryl methyl sites for hydroxylation is 2. The molecule has 1 amide bonds. The maximum Gasteiger partial charge on any atom is 0.251 e. The van der Waals surface area contributed by atoms with Crippen LogP contribution in [0.4, 0.5) is 5.69 Å². The van der Waals surface area contributed by atoms with Gasteiger partial charge in [-0.15, -0.1) is 11.8 Å². The standard InChI is InChI=1S/C24H23N3OS/c1-16-12-17(2)14-19(13-16)27-11-5-7-21(23(25)28)24(27)29-15-18-9-10-26-22-8-4-3-6-20(18)22/h3-10,12-14H,11,15H2,1-2H3,(H2,25,28). The van der Waals surface area contributed by atoms with Crippen LogP contribution in [0.15, 0.2) is 77.5 Å². The fraction of sp³-hybridized carbons (Fsp3) is 0.167. The number of amides is 1. The Morgan fingerprint density at radius 3 is 2.66 bits per heavy atom. The van der Waals surface area contributed by atoms with Crippen molar-refractivity contribution in [2.75, 3.05) is 11.4 Å². The Morgan fingerprint density at radius 1 is 1.14 bits per heavy atom. The largest absolute Gasteiger partial charge is 0.366 e. The number of anilines is 1. The summed E-state index contributed by atoms with van der Waals surface area (Å²) >= 11 is 1.64. The van der Waals surface area contributed by atoms with Crippen molar-refractivity contribution in [3.63, 3.8) is 0 Å². The highest BCUT2D eigenvalue weighted by Gasteiger charge is 2.22. The van der Waals surface area contributed by atoms with E-state index < -0.39 is 5.91 Å². The summed E-state index contributed by atoms with van der Waals surface area (Å²) in [4.78, 5) is 18.8. The van der Waals surface area contributed by atoms with E-state index in [-0.39, 0.29) is 0 Å². The summed E-state index contributed by atoms with van der Waals surface area (Å²) in [5, 5.41) is 2.03. The Kier molecular flexibility index (Phi) is 5.41. The number of thioether (sulfide) groups is 1. The Hall–Kier alpha value is -3.05. The van der Waals surface area contributed by atoms with Gasteiger partial charge in [0.25, 0.3) is 5.91 Å². The number of nitrogens with zero attached hydrogens (tertiary/aromatic N) is 2. The van der Waals surface area contributed by atoms with Gasteiger partial charge in [0.2, 0.25) is 0 Å². The van der Waals surface area contributed by atoms with Crippen LogP contribution in [0.25, 0.3) is 10.9 Å². The van der Waals surface area contributed by atoms with Gasteiger partial charge < -0.3 is 10.6 Å². The van der Waals surface area contributed by atoms with Crippen LogP contribution >= 0.6 is 11.8 Å². The van der Waals surface area contributed by atoms with Gasteiger partial charge in [0.05, 0.1) is 16.1 Å². The molecule has 4 rings (SSSR count). The van der Waals surface area contributed by atoms with Gasteiger partial charge in [-0.3, -0.25) is 9.78 Å². The summed E-state index contributed by atoms with van der Waals surface area (Å²) in [6.07, 6.45) is 5.67. The van der Waals surface area contributed by atoms with Crippen molar-refractivity contribution >= 4 is 34.3 Å². The topological polar surface area (TPSA) is 59.2 Å². The summed E-state index contributed by atoms with van der Waals surface area (Å²) in [5.74, 6) is 0.321. The number of para-hydroxylation sites is 1. The first-order valence-corrected chi connectivity index (χ1v) is 10.5. The van der Waals surface area contributed by atoms with Gasteiger partial charge in [0.15, 0.2) is 0 Å². The molecule has 1 aromatic heterocycles. The zero-order chi connectivity index (χ0) is 20.4. The molecule has 1 aliphatic heterocycles. The van der Waals surface area contributed by atoms with Crippen LogP contribution < -0.4 is 10.6 Å². The first kappa shape index (κ1) is 19.3. The quantitative estimate of drug-likeness (QED) is 0.663. The van der Waals surface area contributed by atoms with Crippen LogP contribution in [0.3, 0.4) is 0 Å². The zero-order valence-corrected chi connectivity index (χ0v) is 17.4. The van der Waals surface area contributed by atoms with Crippen LogP contribution in [-0.4, -0.2) is 17.4 Å². The second-order valence-electron chi connectivity index (χ2n) is 7.22. The van der Waals surface area contributed by atoms with Crippen LogP contribution in [0, 0.1) is 13.8 Å². The van der Waals surface area contributed by atoms with Crippen molar-refractivity contribution in [3.05, 3.63) is 94.2 Å². The Bertz CT molecular complexity index is 1120. The minimum atomic E-state index is -0.405. The third kappa shape index (κ3) is 4.05. The zero-order valence-electron chi connectivity index (χ0n) is 16.6. The Labute approximate surface area is 175 Å². The Balaban J connectivity index is 1.72. The molecule has 2 heterocycles. The average Bonchev–Trinajstić information content (AvgIpc) is 2.71. The monoisotopic (exact) mass is 401 g/mol. The van der Waals surface area contributed by atoms with Crippen molar-refractivity contribution in [3.8, 4) is 0 Å². The molecular weight excluding hydrogens is 378 g/mol. The number of carbonyl (C=O) groups is 1. The maximum absolute atomic E-state index is 12.2. The average molecular weight is 402 g/mol. The lowest BCUT2D eigenvalue weighted by Crippen LogP contribution is -2.29. The molecule has 5 heteroatoms. The predicted octanol–water partition coefficient (Wildman–Crippen LogP) is 4.86. The van der Waals surface area contributed by atoms with E-state index in [1.807, 2.05) is 42.6 Å². The SMILES string of the molecule is Cc1cc(C)cc(N2CC=CC(C(N)=O)=C2SCc2ccnc3ccccc23)c1. The molecule has 146 valence electrons. The summed E-state index contributed by atoms with van der Waals surface area (Å²) in [6, 6.07) is 16.6. The number of hydrogen-bond acceptors (Lipinski definition) is 4. The normalized spacial score (nSPS) is 13.9. The van der Waals surface area contributed by atoms with Crippen LogP contribution in [0.1, 0.15) is 16.7 Å². The van der Waals surface area contributed by atoms with Crippen molar-refractivity contribution in [1.82, 2.24) is 4.98 Å². The predicted molar refractivity (Wildman–Crippen MR) is 122 cm³/mol. The van der Waals surface area contributed by atoms with Crippen molar-refractivity contribution < 1.29 is 4.79 Å². The summed E-state index contributed by atoms with van der Waals surface area (Å²) in [6.45, 7) is 4.88. The number of nitrogens with two attached hydrogens (primary N) is 1. The molecule has 0 atom stereocenters.